The Bertz CT molecular complexity index is 1840. The van der Waals surface area contributed by atoms with E-state index in [2.05, 4.69) is 74.5 Å². The van der Waals surface area contributed by atoms with Gasteiger partial charge in [0.25, 0.3) is 0 Å². The molecule has 0 aliphatic heterocycles. The molecule has 0 saturated carbocycles. The second kappa shape index (κ2) is 53.8. The zero-order valence-corrected chi connectivity index (χ0v) is 57.3. The average molecular weight is 1210 g/mol. The molecule has 18 heteroatoms. The third-order valence-corrected chi connectivity index (χ3v) is 14.6. The molecule has 0 aromatic heterocycles. The fourth-order valence-corrected chi connectivity index (χ4v) is 6.05. The van der Waals surface area contributed by atoms with Crippen LogP contribution < -0.4 is 21.7 Å². The number of carbonyl (C=O) groups is 6. The van der Waals surface area contributed by atoms with Crippen molar-refractivity contribution in [1.29, 1.82) is 0 Å². The van der Waals surface area contributed by atoms with Crippen LogP contribution in [-0.2, 0) is 66.7 Å². The zero-order valence-electron chi connectivity index (χ0n) is 57.3. The predicted molar refractivity (Wildman–Crippen MR) is 344 cm³/mol. The van der Waals surface area contributed by atoms with E-state index < -0.39 is 5.97 Å². The molecule has 1 rings (SSSR count). The minimum atomic E-state index is -0.431. The molecule has 0 spiro atoms. The van der Waals surface area contributed by atoms with Crippen LogP contribution in [0, 0.1) is 21.7 Å². The highest BCUT2D eigenvalue weighted by atomic mass is 16.6. The molecule has 0 aliphatic carbocycles. The molecule has 1 aromatic rings. The quantitative estimate of drug-likeness (QED) is 0.0206. The fourth-order valence-electron chi connectivity index (χ4n) is 6.05. The van der Waals surface area contributed by atoms with Crippen molar-refractivity contribution >= 4 is 35.6 Å². The van der Waals surface area contributed by atoms with Crippen LogP contribution in [0.4, 0.5) is 0 Å². The number of nitrogens with one attached hydrogen (secondary N) is 3. The number of methoxy groups -OCH3 is 1. The molecule has 2 unspecified atom stereocenters. The first kappa shape index (κ1) is 87.0. The summed E-state index contributed by atoms with van der Waals surface area (Å²) in [5, 5.41) is 8.65. The number of benzene rings is 1. The van der Waals surface area contributed by atoms with Gasteiger partial charge in [-0.15, -0.1) is 0 Å². The smallest absolute Gasteiger partial charge is 0.333 e. The summed E-state index contributed by atoms with van der Waals surface area (Å²) in [6.07, 6.45) is 9.72. The SMILES string of the molecule is C=C(C)C(=O)OCCCC(=O)NCCCOCCOCCCNC(=O)C(C)(C)CC.CCC(C)(C)C(=O)NCCCOCCOCCCN.CCC(C)(C)C(=O)OCCOC.CCC(C)c1ccc(C(C)CC)cc1.CCOC(=O)C(C)(C)CC. The van der Waals surface area contributed by atoms with Gasteiger partial charge in [-0.05, 0) is 142 Å². The van der Waals surface area contributed by atoms with Gasteiger partial charge in [0.15, 0.2) is 0 Å². The predicted octanol–water partition coefficient (Wildman–Crippen LogP) is 12.0. The topological polar surface area (TPSA) is 238 Å². The van der Waals surface area contributed by atoms with E-state index in [1.54, 1.807) is 14.0 Å². The van der Waals surface area contributed by atoms with E-state index in [-0.39, 0.29) is 57.9 Å². The molecule has 0 heterocycles. The molecular formula is C67H126N4O14. The maximum absolute atomic E-state index is 11.9. The van der Waals surface area contributed by atoms with Crippen LogP contribution in [0.2, 0.25) is 0 Å². The first-order valence-corrected chi connectivity index (χ1v) is 31.6. The van der Waals surface area contributed by atoms with Crippen molar-refractivity contribution in [2.24, 2.45) is 27.4 Å². The number of rotatable bonds is 42. The fraction of sp³-hybridized carbons (Fsp3) is 0.791. The number of hydrogen-bond donors (Lipinski definition) is 4. The van der Waals surface area contributed by atoms with Gasteiger partial charge in [-0.1, -0.05) is 114 Å². The van der Waals surface area contributed by atoms with Crippen LogP contribution in [-0.4, -0.2) is 148 Å². The summed E-state index contributed by atoms with van der Waals surface area (Å²) >= 11 is 0. The van der Waals surface area contributed by atoms with E-state index in [1.807, 2.05) is 90.0 Å². The zero-order chi connectivity index (χ0) is 65.8. The van der Waals surface area contributed by atoms with Gasteiger partial charge in [-0.3, -0.25) is 24.0 Å². The Hall–Kier alpha value is -4.46. The Morgan fingerprint density at radius 1 is 0.482 bits per heavy atom. The Kier molecular flexibility index (Phi) is 55.0. The molecule has 0 saturated heterocycles. The molecule has 0 aliphatic rings. The molecule has 3 amide bonds. The lowest BCUT2D eigenvalue weighted by Gasteiger charge is -2.21. The van der Waals surface area contributed by atoms with E-state index in [9.17, 15) is 28.8 Å². The first-order valence-electron chi connectivity index (χ1n) is 31.6. The van der Waals surface area contributed by atoms with E-state index >= 15 is 0 Å². The number of nitrogens with two attached hydrogens (primary N) is 1. The standard InChI is InChI=1S/C22H40N2O6.C14H30N2O3.C14H22.C9H18O3.C8H16O2/c1-6-22(4,5)21(27)24-12-9-14-29-17-16-28-13-8-11-23-19(25)10-7-15-30-20(26)18(2)3;1-4-14(2,3)13(17)16-8-6-10-19-12-11-18-9-5-7-15;1-5-11(3)13-7-9-14(10-8-13)12(4)6-2;1-5-9(2,3)8(10)12-7-6-11-4;1-5-8(3,4)7(9)10-6-2/h2,6-17H2,1,3-5H3,(H,23,25)(H,24,27);4-12,15H2,1-3H3,(H,16,17);7-12H,5-6H2,1-4H3;5-7H2,1-4H3;5-6H2,1-4H3. The van der Waals surface area contributed by atoms with Crippen LogP contribution in [0.1, 0.15) is 225 Å². The third kappa shape index (κ3) is 48.3. The van der Waals surface area contributed by atoms with Gasteiger partial charge in [0.05, 0.1) is 57.1 Å². The number of amides is 3. The molecule has 0 bridgehead atoms. The summed E-state index contributed by atoms with van der Waals surface area (Å²) in [7, 11) is 1.58. The van der Waals surface area contributed by atoms with Gasteiger partial charge in [0.2, 0.25) is 17.7 Å². The maximum Gasteiger partial charge on any atom is 0.333 e. The summed E-state index contributed by atoms with van der Waals surface area (Å²) in [6.45, 7) is 47.9. The van der Waals surface area contributed by atoms with Gasteiger partial charge in [0.1, 0.15) is 6.61 Å². The Balaban J connectivity index is -0.000000513. The lowest BCUT2D eigenvalue weighted by molar-refractivity contribution is -0.155. The molecule has 498 valence electrons. The summed E-state index contributed by atoms with van der Waals surface area (Å²) in [5.41, 5.74) is 7.36. The summed E-state index contributed by atoms with van der Waals surface area (Å²) in [5.74, 6) is 0.826. The van der Waals surface area contributed by atoms with E-state index in [1.165, 1.54) is 24.0 Å². The van der Waals surface area contributed by atoms with Crippen molar-refractivity contribution in [2.75, 3.05) is 113 Å². The van der Waals surface area contributed by atoms with Crippen molar-refractivity contribution < 1.29 is 66.7 Å². The highest BCUT2D eigenvalue weighted by molar-refractivity contribution is 5.87. The highest BCUT2D eigenvalue weighted by Gasteiger charge is 2.28. The van der Waals surface area contributed by atoms with Crippen LogP contribution >= 0.6 is 0 Å². The maximum atomic E-state index is 11.9. The van der Waals surface area contributed by atoms with E-state index in [0.29, 0.717) is 129 Å². The van der Waals surface area contributed by atoms with E-state index in [4.69, 9.17) is 43.6 Å². The molecule has 5 N–H and O–H groups in total. The van der Waals surface area contributed by atoms with Crippen molar-refractivity contribution in [3.8, 4) is 0 Å². The van der Waals surface area contributed by atoms with Crippen LogP contribution in [0.25, 0.3) is 0 Å². The Labute approximate surface area is 517 Å². The lowest BCUT2D eigenvalue weighted by Crippen LogP contribution is -2.37. The van der Waals surface area contributed by atoms with Crippen LogP contribution in [0.3, 0.4) is 0 Å². The molecule has 0 radical (unpaired) electrons. The minimum absolute atomic E-state index is 0.0703. The minimum Gasteiger partial charge on any atom is -0.466 e. The molecule has 1 aromatic carbocycles. The second-order valence-electron chi connectivity index (χ2n) is 23.6. The monoisotopic (exact) mass is 1210 g/mol. The van der Waals surface area contributed by atoms with Crippen molar-refractivity contribution in [1.82, 2.24) is 16.0 Å². The molecule has 18 nitrogen and oxygen atoms in total. The Morgan fingerprint density at radius 3 is 1.18 bits per heavy atom. The molecule has 85 heavy (non-hydrogen) atoms. The summed E-state index contributed by atoms with van der Waals surface area (Å²) < 4.78 is 41.1. The normalized spacial score (nSPS) is 11.9. The van der Waals surface area contributed by atoms with Gasteiger partial charge in [-0.2, -0.15) is 0 Å². The first-order chi connectivity index (χ1) is 40.0. The third-order valence-electron chi connectivity index (χ3n) is 14.6. The lowest BCUT2D eigenvalue weighted by atomic mass is 9.89. The summed E-state index contributed by atoms with van der Waals surface area (Å²) in [6, 6.07) is 9.15. The van der Waals surface area contributed by atoms with Gasteiger partial charge in [0, 0.05) is 76.0 Å². The number of esters is 3. The van der Waals surface area contributed by atoms with Crippen molar-refractivity contribution in [3.63, 3.8) is 0 Å². The largest absolute Gasteiger partial charge is 0.466 e. The van der Waals surface area contributed by atoms with Gasteiger partial charge in [-0.25, -0.2) is 4.79 Å². The van der Waals surface area contributed by atoms with Crippen LogP contribution in [0.15, 0.2) is 36.4 Å². The molecule has 0 fully saturated rings. The average Bonchev–Trinajstić information content (AvgIpc) is 3.64. The molecular weight excluding hydrogens is 1080 g/mol. The molecule has 2 atom stereocenters. The number of ether oxygens (including phenoxy) is 8. The van der Waals surface area contributed by atoms with Crippen LogP contribution in [0.5, 0.6) is 0 Å². The van der Waals surface area contributed by atoms with Crippen molar-refractivity contribution in [3.05, 3.63) is 47.5 Å². The van der Waals surface area contributed by atoms with E-state index in [0.717, 1.165) is 51.4 Å². The summed E-state index contributed by atoms with van der Waals surface area (Å²) in [4.78, 5) is 68.8. The number of carbonyl (C=O) groups excluding carboxylic acids is 6. The second-order valence-corrected chi connectivity index (χ2v) is 23.6. The number of hydrogen-bond acceptors (Lipinski definition) is 15. The van der Waals surface area contributed by atoms with Crippen molar-refractivity contribution in [2.45, 2.75) is 214 Å². The highest BCUT2D eigenvalue weighted by Crippen LogP contribution is 2.25. The van der Waals surface area contributed by atoms with Gasteiger partial charge >= 0.3 is 17.9 Å². The van der Waals surface area contributed by atoms with Gasteiger partial charge < -0.3 is 59.6 Å². The Morgan fingerprint density at radius 2 is 0.847 bits per heavy atom.